The average molecular weight is 561 g/mol. The molecule has 3 rings (SSSR count). The molecule has 2 aliphatic rings. The molecular formula is C27H32N2O11. The third-order valence-electron chi connectivity index (χ3n) is 5.80. The van der Waals surface area contributed by atoms with Crippen molar-refractivity contribution in [3.63, 3.8) is 0 Å². The molecule has 2 heterocycles. The maximum absolute atomic E-state index is 12.9. The van der Waals surface area contributed by atoms with Gasteiger partial charge in [0.1, 0.15) is 12.6 Å². The van der Waals surface area contributed by atoms with Gasteiger partial charge >= 0.3 is 5.97 Å². The molecule has 1 saturated heterocycles. The summed E-state index contributed by atoms with van der Waals surface area (Å²) >= 11 is 0. The normalized spacial score (nSPS) is 16.5. The van der Waals surface area contributed by atoms with Crippen LogP contribution in [0.1, 0.15) is 45.5 Å². The fourth-order valence-electron chi connectivity index (χ4n) is 3.85. The van der Waals surface area contributed by atoms with Gasteiger partial charge in [-0.3, -0.25) is 34.2 Å². The Morgan fingerprint density at radius 3 is 2.02 bits per heavy atom. The van der Waals surface area contributed by atoms with E-state index in [0.717, 1.165) is 4.90 Å². The second kappa shape index (κ2) is 16.4. The highest BCUT2D eigenvalue weighted by atomic mass is 16.6. The van der Waals surface area contributed by atoms with E-state index in [2.05, 4.69) is 17.2 Å². The summed E-state index contributed by atoms with van der Waals surface area (Å²) in [6.07, 6.45) is 0.133. The number of carboxylic acids is 1. The number of rotatable bonds is 17. The first-order valence-corrected chi connectivity index (χ1v) is 12.8. The number of amides is 4. The van der Waals surface area contributed by atoms with Crippen LogP contribution in [0.3, 0.4) is 0 Å². The van der Waals surface area contributed by atoms with Gasteiger partial charge in [-0.15, -0.1) is 0 Å². The molecular weight excluding hydrogens is 528 g/mol. The number of imide groups is 2. The zero-order chi connectivity index (χ0) is 28.7. The minimum atomic E-state index is -1.01. The van der Waals surface area contributed by atoms with Gasteiger partial charge in [0.15, 0.2) is 0 Å². The van der Waals surface area contributed by atoms with Gasteiger partial charge < -0.3 is 28.8 Å². The predicted octanol–water partition coefficient (Wildman–Crippen LogP) is -0.00300. The number of piperidine rings is 1. The summed E-state index contributed by atoms with van der Waals surface area (Å²) in [6.45, 7) is 3.30. The molecule has 1 unspecified atom stereocenters. The summed E-state index contributed by atoms with van der Waals surface area (Å²) in [5, 5.41) is 10.6. The van der Waals surface area contributed by atoms with Crippen molar-refractivity contribution in [3.8, 4) is 11.8 Å². The van der Waals surface area contributed by atoms with Crippen LogP contribution >= 0.6 is 0 Å². The van der Waals surface area contributed by atoms with Gasteiger partial charge in [-0.1, -0.05) is 11.8 Å². The summed E-state index contributed by atoms with van der Waals surface area (Å²) in [7, 11) is 0. The Hall–Kier alpha value is -3.67. The molecule has 13 nitrogen and oxygen atoms in total. The zero-order valence-electron chi connectivity index (χ0n) is 22.0. The van der Waals surface area contributed by atoms with E-state index < -0.39 is 35.6 Å². The monoisotopic (exact) mass is 560 g/mol. The molecule has 0 aromatic heterocycles. The van der Waals surface area contributed by atoms with E-state index in [1.165, 1.54) is 12.1 Å². The molecule has 0 aliphatic carbocycles. The lowest BCUT2D eigenvalue weighted by Crippen LogP contribution is -2.54. The summed E-state index contributed by atoms with van der Waals surface area (Å²) in [6, 6.07) is 3.63. The largest absolute Gasteiger partial charge is 0.481 e. The topological polar surface area (TPSA) is 167 Å². The summed E-state index contributed by atoms with van der Waals surface area (Å²) in [4.78, 5) is 60.4. The minimum absolute atomic E-state index is 0.0278. The Kier molecular flexibility index (Phi) is 12.7. The van der Waals surface area contributed by atoms with Crippen molar-refractivity contribution in [2.45, 2.75) is 25.3 Å². The molecule has 1 aromatic carbocycles. The highest BCUT2D eigenvalue weighted by Gasteiger charge is 2.44. The molecule has 1 fully saturated rings. The fourth-order valence-corrected chi connectivity index (χ4v) is 3.85. The van der Waals surface area contributed by atoms with Gasteiger partial charge in [0.2, 0.25) is 11.8 Å². The Morgan fingerprint density at radius 2 is 1.43 bits per heavy atom. The van der Waals surface area contributed by atoms with Gasteiger partial charge in [0, 0.05) is 12.0 Å². The van der Waals surface area contributed by atoms with Crippen LogP contribution in [0.2, 0.25) is 0 Å². The number of nitrogens with one attached hydrogen (secondary N) is 1. The van der Waals surface area contributed by atoms with Crippen LogP contribution in [0.15, 0.2) is 18.2 Å². The van der Waals surface area contributed by atoms with Gasteiger partial charge in [-0.2, -0.15) is 0 Å². The van der Waals surface area contributed by atoms with Gasteiger partial charge in [-0.05, 0) is 24.6 Å². The molecule has 0 spiro atoms. The van der Waals surface area contributed by atoms with Gasteiger partial charge in [-0.25, -0.2) is 0 Å². The SMILES string of the molecule is O=C(O)CCOCCOCCOCCOCCOCC#Cc1ccc2c(c1)C(=O)N(C1CCC(=O)NC1=O)C2=O. The number of carbonyl (C=O) groups excluding carboxylic acids is 4. The van der Waals surface area contributed by atoms with Crippen molar-refractivity contribution in [1.29, 1.82) is 0 Å². The lowest BCUT2D eigenvalue weighted by Gasteiger charge is -2.27. The first kappa shape index (κ1) is 30.9. The maximum Gasteiger partial charge on any atom is 0.305 e. The van der Waals surface area contributed by atoms with E-state index in [1.807, 2.05) is 0 Å². The number of fused-ring (bicyclic) bond motifs is 1. The Labute approximate surface area is 231 Å². The zero-order valence-corrected chi connectivity index (χ0v) is 22.0. The van der Waals surface area contributed by atoms with Crippen molar-refractivity contribution in [1.82, 2.24) is 10.2 Å². The van der Waals surface area contributed by atoms with Crippen molar-refractivity contribution >= 4 is 29.6 Å². The number of aliphatic carboxylic acids is 1. The first-order chi connectivity index (χ1) is 19.4. The van der Waals surface area contributed by atoms with Crippen LogP contribution in [-0.2, 0) is 38.1 Å². The quantitative estimate of drug-likeness (QED) is 0.149. The molecule has 0 radical (unpaired) electrons. The van der Waals surface area contributed by atoms with Crippen LogP contribution in [0.25, 0.3) is 0 Å². The summed E-state index contributed by atoms with van der Waals surface area (Å²) < 4.78 is 26.6. The number of carboxylic acid groups (broad SMARTS) is 1. The first-order valence-electron chi connectivity index (χ1n) is 12.8. The van der Waals surface area contributed by atoms with E-state index in [9.17, 15) is 24.0 Å². The third kappa shape index (κ3) is 9.51. The second-order valence-corrected chi connectivity index (χ2v) is 8.66. The average Bonchev–Trinajstić information content (AvgIpc) is 3.17. The summed E-state index contributed by atoms with van der Waals surface area (Å²) in [5.41, 5.74) is 0.896. The Morgan fingerprint density at radius 1 is 0.850 bits per heavy atom. The Balaban J connectivity index is 1.24. The van der Waals surface area contributed by atoms with Crippen molar-refractivity contribution in [2.24, 2.45) is 0 Å². The number of benzene rings is 1. The highest BCUT2D eigenvalue weighted by molar-refractivity contribution is 6.23. The van der Waals surface area contributed by atoms with E-state index in [0.29, 0.717) is 58.4 Å². The molecule has 1 aromatic rings. The van der Waals surface area contributed by atoms with Gasteiger partial charge in [0.25, 0.3) is 11.8 Å². The van der Waals surface area contributed by atoms with Crippen molar-refractivity contribution < 1.29 is 52.8 Å². The van der Waals surface area contributed by atoms with Crippen molar-refractivity contribution in [2.75, 3.05) is 66.1 Å². The second-order valence-electron chi connectivity index (χ2n) is 8.66. The standard InChI is InChI=1S/C27H32N2O11/c30-23-6-5-22(25(33)28-23)29-26(34)20-4-3-19(18-21(20)27(29)35)2-1-8-36-10-12-38-14-16-40-17-15-39-13-11-37-9-7-24(31)32/h3-4,18,22H,5-17H2,(H,31,32)(H,28,30,33). The van der Waals surface area contributed by atoms with Crippen LogP contribution in [0, 0.1) is 11.8 Å². The molecule has 2 aliphatic heterocycles. The molecule has 1 atom stereocenters. The van der Waals surface area contributed by atoms with Crippen LogP contribution in [0.5, 0.6) is 0 Å². The molecule has 0 bridgehead atoms. The summed E-state index contributed by atoms with van der Waals surface area (Å²) in [5.74, 6) is 2.62. The molecule has 216 valence electrons. The third-order valence-corrected chi connectivity index (χ3v) is 5.80. The number of hydrogen-bond donors (Lipinski definition) is 2. The van der Waals surface area contributed by atoms with E-state index in [-0.39, 0.29) is 43.6 Å². The van der Waals surface area contributed by atoms with E-state index in [1.54, 1.807) is 6.07 Å². The molecule has 0 saturated carbocycles. The molecule has 13 heteroatoms. The van der Waals surface area contributed by atoms with Gasteiger partial charge in [0.05, 0.1) is 77.0 Å². The van der Waals surface area contributed by atoms with Crippen LogP contribution in [-0.4, -0.2) is 112 Å². The lowest BCUT2D eigenvalue weighted by atomic mass is 10.0. The number of ether oxygens (including phenoxy) is 5. The van der Waals surface area contributed by atoms with E-state index in [4.69, 9.17) is 28.8 Å². The van der Waals surface area contributed by atoms with E-state index >= 15 is 0 Å². The Bertz CT molecular complexity index is 1140. The number of carbonyl (C=O) groups is 5. The molecule has 4 amide bonds. The van der Waals surface area contributed by atoms with Crippen molar-refractivity contribution in [3.05, 3.63) is 34.9 Å². The lowest BCUT2D eigenvalue weighted by molar-refractivity contribution is -0.138. The van der Waals surface area contributed by atoms with Crippen LogP contribution < -0.4 is 5.32 Å². The highest BCUT2D eigenvalue weighted by Crippen LogP contribution is 2.28. The number of hydrogen-bond acceptors (Lipinski definition) is 10. The molecule has 40 heavy (non-hydrogen) atoms. The maximum atomic E-state index is 12.9. The minimum Gasteiger partial charge on any atom is -0.481 e. The smallest absolute Gasteiger partial charge is 0.305 e. The molecule has 2 N–H and O–H groups in total. The van der Waals surface area contributed by atoms with Crippen LogP contribution in [0.4, 0.5) is 0 Å². The number of nitrogens with zero attached hydrogens (tertiary/aromatic N) is 1. The predicted molar refractivity (Wildman–Crippen MR) is 136 cm³/mol. The fraction of sp³-hybridized carbons (Fsp3) is 0.519.